The van der Waals surface area contributed by atoms with E-state index in [9.17, 15) is 9.18 Å². The van der Waals surface area contributed by atoms with E-state index in [4.69, 9.17) is 0 Å². The fraction of sp³-hybridized carbons (Fsp3) is 0.737. The summed E-state index contributed by atoms with van der Waals surface area (Å²) in [6.07, 6.45) is 14.3. The first-order valence-electron chi connectivity index (χ1n) is 9.33. The van der Waals surface area contributed by atoms with Crippen molar-refractivity contribution in [3.8, 4) is 0 Å². The molecule has 4 heteroatoms. The average Bonchev–Trinajstić information content (AvgIpc) is 2.85. The second kappa shape index (κ2) is 6.29. The van der Waals surface area contributed by atoms with Crippen molar-refractivity contribution in [3.05, 3.63) is 24.1 Å². The van der Waals surface area contributed by atoms with E-state index in [1.54, 1.807) is 12.2 Å². The van der Waals surface area contributed by atoms with Crippen LogP contribution < -0.4 is 0 Å². The number of allylic oxidation sites excluding steroid dienone is 4. The molecule has 2 amide bonds. The van der Waals surface area contributed by atoms with Crippen LogP contribution in [0.1, 0.15) is 51.4 Å². The number of likely N-dealkylation sites (tertiary alicyclic amines) is 1. The van der Waals surface area contributed by atoms with E-state index >= 15 is 0 Å². The molecule has 0 aromatic carbocycles. The molecule has 0 N–H and O–H groups in total. The Morgan fingerprint density at radius 2 is 1.78 bits per heavy atom. The van der Waals surface area contributed by atoms with Gasteiger partial charge in [0.15, 0.2) is 0 Å². The number of rotatable bonds is 1. The van der Waals surface area contributed by atoms with E-state index < -0.39 is 0 Å². The Bertz CT molecular complexity index is 509. The number of carbonyl (C=O) groups excluding carboxylic acids is 1. The number of hydrogen-bond donors (Lipinski definition) is 0. The second-order valence-electron chi connectivity index (χ2n) is 7.70. The highest BCUT2D eigenvalue weighted by Gasteiger charge is 2.45. The van der Waals surface area contributed by atoms with Crippen LogP contribution in [-0.4, -0.2) is 41.0 Å². The lowest BCUT2D eigenvalue weighted by Gasteiger charge is -2.44. The Hall–Kier alpha value is -1.32. The SMILES string of the molecule is O=C(N1CCCCC1)N1[C@@H]2CC[C@H]1CC(C1C=CC(F)=CC1)C2. The molecule has 4 rings (SSSR count). The van der Waals surface area contributed by atoms with E-state index in [0.717, 1.165) is 58.0 Å². The molecule has 126 valence electrons. The molecule has 3 nitrogen and oxygen atoms in total. The average molecular weight is 318 g/mol. The molecule has 23 heavy (non-hydrogen) atoms. The van der Waals surface area contributed by atoms with Crippen molar-refractivity contribution >= 4 is 6.03 Å². The van der Waals surface area contributed by atoms with Crippen LogP contribution in [0, 0.1) is 11.8 Å². The summed E-state index contributed by atoms with van der Waals surface area (Å²) in [7, 11) is 0. The molecule has 0 aromatic heterocycles. The first-order chi connectivity index (χ1) is 11.2. The lowest BCUT2D eigenvalue weighted by Crippen LogP contribution is -2.53. The van der Waals surface area contributed by atoms with Gasteiger partial charge in [0.1, 0.15) is 5.83 Å². The summed E-state index contributed by atoms with van der Waals surface area (Å²) in [6.45, 7) is 1.88. The van der Waals surface area contributed by atoms with Crippen molar-refractivity contribution in [2.24, 2.45) is 11.8 Å². The largest absolute Gasteiger partial charge is 0.325 e. The molecule has 2 bridgehead atoms. The normalized spacial score (nSPS) is 37.0. The predicted molar refractivity (Wildman–Crippen MR) is 88.6 cm³/mol. The van der Waals surface area contributed by atoms with Crippen LogP contribution in [0.3, 0.4) is 0 Å². The molecule has 1 aliphatic carbocycles. The number of urea groups is 1. The summed E-state index contributed by atoms with van der Waals surface area (Å²) in [5.74, 6) is 0.977. The van der Waals surface area contributed by atoms with Crippen LogP contribution in [0.2, 0.25) is 0 Å². The Balaban J connectivity index is 1.42. The maximum absolute atomic E-state index is 13.2. The highest BCUT2D eigenvalue weighted by Crippen LogP contribution is 2.44. The molecule has 3 saturated heterocycles. The minimum atomic E-state index is -0.0954. The van der Waals surface area contributed by atoms with E-state index in [2.05, 4.69) is 15.9 Å². The fourth-order valence-corrected chi connectivity index (χ4v) is 5.09. The first kappa shape index (κ1) is 15.2. The zero-order valence-corrected chi connectivity index (χ0v) is 13.8. The quantitative estimate of drug-likeness (QED) is 0.708. The molecule has 0 spiro atoms. The Morgan fingerprint density at radius 3 is 2.39 bits per heavy atom. The standard InChI is InChI=1S/C19H27FN2O/c20-16-6-4-14(5-7-16)15-12-17-8-9-18(13-15)22(17)19(23)21-10-2-1-3-11-21/h4,6-7,14-15,17-18H,1-3,5,8-13H2/t14?,15?,17-,18+. The highest BCUT2D eigenvalue weighted by molar-refractivity contribution is 5.75. The molecule has 4 aliphatic rings. The fourth-order valence-electron chi connectivity index (χ4n) is 5.09. The molecule has 3 heterocycles. The summed E-state index contributed by atoms with van der Waals surface area (Å²) >= 11 is 0. The number of carbonyl (C=O) groups is 1. The van der Waals surface area contributed by atoms with E-state index in [1.807, 2.05) is 0 Å². The molecule has 4 atom stereocenters. The molecule has 0 aromatic rings. The number of nitrogens with zero attached hydrogens (tertiary/aromatic N) is 2. The van der Waals surface area contributed by atoms with Crippen LogP contribution in [0.25, 0.3) is 0 Å². The predicted octanol–water partition coefficient (Wildman–Crippen LogP) is 4.26. The summed E-state index contributed by atoms with van der Waals surface area (Å²) in [4.78, 5) is 17.2. The molecular weight excluding hydrogens is 291 g/mol. The second-order valence-corrected chi connectivity index (χ2v) is 7.70. The van der Waals surface area contributed by atoms with Crippen molar-refractivity contribution in [1.29, 1.82) is 0 Å². The summed E-state index contributed by atoms with van der Waals surface area (Å²) in [5, 5.41) is 0. The van der Waals surface area contributed by atoms with E-state index in [1.165, 1.54) is 6.42 Å². The van der Waals surface area contributed by atoms with Gasteiger partial charge in [-0.3, -0.25) is 0 Å². The number of halogens is 1. The van der Waals surface area contributed by atoms with E-state index in [0.29, 0.717) is 30.0 Å². The lowest BCUT2D eigenvalue weighted by atomic mass is 9.78. The smallest absolute Gasteiger partial charge is 0.320 e. The van der Waals surface area contributed by atoms with Gasteiger partial charge in [-0.1, -0.05) is 6.08 Å². The van der Waals surface area contributed by atoms with Crippen molar-refractivity contribution in [2.75, 3.05) is 13.1 Å². The minimum Gasteiger partial charge on any atom is -0.325 e. The Kier molecular flexibility index (Phi) is 4.16. The number of fused-ring (bicyclic) bond motifs is 2. The molecule has 0 radical (unpaired) electrons. The van der Waals surface area contributed by atoms with Crippen LogP contribution in [0.4, 0.5) is 9.18 Å². The monoisotopic (exact) mass is 318 g/mol. The third-order valence-electron chi connectivity index (χ3n) is 6.31. The zero-order chi connectivity index (χ0) is 15.8. The highest BCUT2D eigenvalue weighted by atomic mass is 19.1. The van der Waals surface area contributed by atoms with Gasteiger partial charge >= 0.3 is 6.03 Å². The number of piperidine rings is 2. The van der Waals surface area contributed by atoms with Crippen molar-refractivity contribution < 1.29 is 9.18 Å². The third kappa shape index (κ3) is 2.92. The third-order valence-corrected chi connectivity index (χ3v) is 6.31. The van der Waals surface area contributed by atoms with Gasteiger partial charge in [-0.15, -0.1) is 0 Å². The van der Waals surface area contributed by atoms with Crippen molar-refractivity contribution in [2.45, 2.75) is 63.5 Å². The lowest BCUT2D eigenvalue weighted by molar-refractivity contribution is 0.0789. The van der Waals surface area contributed by atoms with Gasteiger partial charge in [0.25, 0.3) is 0 Å². The molecule has 0 saturated carbocycles. The molecule has 3 fully saturated rings. The Labute approximate surface area is 138 Å². The summed E-state index contributed by atoms with van der Waals surface area (Å²) < 4.78 is 13.2. The van der Waals surface area contributed by atoms with Crippen LogP contribution in [0.5, 0.6) is 0 Å². The maximum Gasteiger partial charge on any atom is 0.320 e. The van der Waals surface area contributed by atoms with Gasteiger partial charge in [-0.05, 0) is 75.4 Å². The maximum atomic E-state index is 13.2. The summed E-state index contributed by atoms with van der Waals surface area (Å²) in [5.41, 5.74) is 0. The first-order valence-corrected chi connectivity index (χ1v) is 9.33. The van der Waals surface area contributed by atoms with Crippen LogP contribution in [-0.2, 0) is 0 Å². The van der Waals surface area contributed by atoms with Gasteiger partial charge < -0.3 is 9.80 Å². The topological polar surface area (TPSA) is 23.6 Å². The Morgan fingerprint density at radius 1 is 1.09 bits per heavy atom. The van der Waals surface area contributed by atoms with E-state index in [-0.39, 0.29) is 5.83 Å². The van der Waals surface area contributed by atoms with Gasteiger partial charge in [0.05, 0.1) is 0 Å². The number of amides is 2. The van der Waals surface area contributed by atoms with Crippen LogP contribution in [0.15, 0.2) is 24.1 Å². The van der Waals surface area contributed by atoms with Gasteiger partial charge in [-0.25, -0.2) is 9.18 Å². The van der Waals surface area contributed by atoms with Crippen molar-refractivity contribution in [1.82, 2.24) is 9.80 Å². The van der Waals surface area contributed by atoms with Crippen molar-refractivity contribution in [3.63, 3.8) is 0 Å². The zero-order valence-electron chi connectivity index (χ0n) is 13.8. The van der Waals surface area contributed by atoms with Crippen LogP contribution >= 0.6 is 0 Å². The number of hydrogen-bond acceptors (Lipinski definition) is 1. The molecule has 2 unspecified atom stereocenters. The summed E-state index contributed by atoms with van der Waals surface area (Å²) in [6, 6.07) is 1.12. The van der Waals surface area contributed by atoms with Gasteiger partial charge in [0.2, 0.25) is 0 Å². The molecular formula is C19H27FN2O. The van der Waals surface area contributed by atoms with Gasteiger partial charge in [0, 0.05) is 25.2 Å². The van der Waals surface area contributed by atoms with Gasteiger partial charge in [-0.2, -0.15) is 0 Å². The molecule has 3 aliphatic heterocycles. The minimum absolute atomic E-state index is 0.0954.